The van der Waals surface area contributed by atoms with E-state index in [1.807, 2.05) is 0 Å². The molecule has 0 saturated carbocycles. The average Bonchev–Trinajstić information content (AvgIpc) is 3.36. The molecule has 0 fully saturated rings. The second kappa shape index (κ2) is 58.4. The molecule has 1 atom stereocenters. The first-order valence-electron chi connectivity index (χ1n) is 29.9. The molecule has 0 aromatic carbocycles. The smallest absolute Gasteiger partial charge is 0.306 e. The molecule has 6 heteroatoms. The fraction of sp³-hybridized carbons (Fsp3) is 0.766. The van der Waals surface area contributed by atoms with Crippen molar-refractivity contribution in [2.75, 3.05) is 13.2 Å². The topological polar surface area (TPSA) is 78.9 Å². The highest BCUT2D eigenvalue weighted by Gasteiger charge is 2.19. The third-order valence-corrected chi connectivity index (χ3v) is 12.9. The van der Waals surface area contributed by atoms with Crippen molar-refractivity contribution in [3.8, 4) is 0 Å². The molecule has 0 bridgehead atoms. The van der Waals surface area contributed by atoms with Crippen molar-refractivity contribution < 1.29 is 28.6 Å². The predicted octanol–water partition coefficient (Wildman–Crippen LogP) is 20.2. The largest absolute Gasteiger partial charge is 0.462 e. The zero-order valence-corrected chi connectivity index (χ0v) is 46.3. The Labute approximate surface area is 433 Å². The Balaban J connectivity index is 4.35. The second-order valence-electron chi connectivity index (χ2n) is 19.9. The molecule has 0 aliphatic rings. The summed E-state index contributed by atoms with van der Waals surface area (Å²) in [6, 6.07) is 0. The van der Waals surface area contributed by atoms with Gasteiger partial charge < -0.3 is 14.2 Å². The lowest BCUT2D eigenvalue weighted by atomic mass is 10.0. The Morgan fingerprint density at radius 2 is 0.557 bits per heavy atom. The van der Waals surface area contributed by atoms with Crippen LogP contribution in [0.4, 0.5) is 0 Å². The van der Waals surface area contributed by atoms with E-state index in [1.165, 1.54) is 167 Å². The molecule has 0 aliphatic heterocycles. The number of carbonyl (C=O) groups is 3. The molecule has 6 nitrogen and oxygen atoms in total. The summed E-state index contributed by atoms with van der Waals surface area (Å²) in [7, 11) is 0. The average molecular weight is 978 g/mol. The van der Waals surface area contributed by atoms with Crippen LogP contribution < -0.4 is 0 Å². The summed E-state index contributed by atoms with van der Waals surface area (Å²) < 4.78 is 16.8. The molecule has 404 valence electrons. The molecular weight excluding hydrogens is 865 g/mol. The lowest BCUT2D eigenvalue weighted by Crippen LogP contribution is -2.30. The van der Waals surface area contributed by atoms with Gasteiger partial charge in [-0.15, -0.1) is 0 Å². The molecular formula is C64H112O6. The number of hydrogen-bond donors (Lipinski definition) is 0. The first-order chi connectivity index (χ1) is 34.5. The Hall–Kier alpha value is -3.15. The van der Waals surface area contributed by atoms with Gasteiger partial charge in [0.25, 0.3) is 0 Å². The minimum absolute atomic E-state index is 0.0941. The maximum Gasteiger partial charge on any atom is 0.306 e. The molecule has 0 rings (SSSR count). The molecule has 0 N–H and O–H groups in total. The zero-order chi connectivity index (χ0) is 50.7. The number of ether oxygens (including phenoxy) is 3. The molecule has 70 heavy (non-hydrogen) atoms. The second-order valence-corrected chi connectivity index (χ2v) is 19.9. The van der Waals surface area contributed by atoms with Gasteiger partial charge in [0, 0.05) is 19.3 Å². The molecule has 0 amide bonds. The minimum atomic E-state index is -0.801. The zero-order valence-electron chi connectivity index (χ0n) is 46.3. The highest BCUT2D eigenvalue weighted by Crippen LogP contribution is 2.16. The van der Waals surface area contributed by atoms with Crippen molar-refractivity contribution in [3.63, 3.8) is 0 Å². The molecule has 0 heterocycles. The molecule has 0 radical (unpaired) electrons. The van der Waals surface area contributed by atoms with Crippen LogP contribution in [0.25, 0.3) is 0 Å². The van der Waals surface area contributed by atoms with E-state index in [0.29, 0.717) is 19.3 Å². The van der Waals surface area contributed by atoms with Crippen molar-refractivity contribution in [2.24, 2.45) is 0 Å². The summed E-state index contributed by atoms with van der Waals surface area (Å²) in [4.78, 5) is 38.2. The van der Waals surface area contributed by atoms with Gasteiger partial charge in [0.05, 0.1) is 0 Å². The van der Waals surface area contributed by atoms with Gasteiger partial charge >= 0.3 is 17.9 Å². The van der Waals surface area contributed by atoms with Crippen LogP contribution in [0.1, 0.15) is 297 Å². The molecule has 0 saturated heterocycles. The fourth-order valence-electron chi connectivity index (χ4n) is 8.42. The minimum Gasteiger partial charge on any atom is -0.462 e. The van der Waals surface area contributed by atoms with Gasteiger partial charge in [0.2, 0.25) is 0 Å². The lowest BCUT2D eigenvalue weighted by molar-refractivity contribution is -0.167. The normalized spacial score (nSPS) is 12.6. The van der Waals surface area contributed by atoms with Crippen molar-refractivity contribution in [3.05, 3.63) is 72.9 Å². The molecule has 0 aromatic rings. The van der Waals surface area contributed by atoms with Crippen molar-refractivity contribution in [2.45, 2.75) is 303 Å². The summed E-state index contributed by atoms with van der Waals surface area (Å²) in [6.07, 6.45) is 74.8. The standard InChI is InChI=1S/C64H112O6/c1-4-7-10-13-16-19-22-25-28-29-30-31-32-33-34-35-37-39-42-45-48-51-54-57-63(66)69-60-61(59-68-62(65)56-53-50-47-44-41-38-27-24-21-18-15-12-9-6-3)70-64(67)58-55-52-49-46-43-40-36-26-23-20-17-14-11-8-5-2/h8,11,17,20,24,26-27,29-30,36,43,46,61H,4-7,9-10,12-16,18-19,21-23,25,28,31-35,37-42,44-45,47-60H2,1-3H3/b11-8-,20-17-,27-24-,30-29-,36-26-,46-43-. The maximum atomic E-state index is 12.8. The summed E-state index contributed by atoms with van der Waals surface area (Å²) in [5, 5.41) is 0. The monoisotopic (exact) mass is 977 g/mol. The van der Waals surface area contributed by atoms with E-state index in [9.17, 15) is 14.4 Å². The highest BCUT2D eigenvalue weighted by atomic mass is 16.6. The highest BCUT2D eigenvalue weighted by molar-refractivity contribution is 5.71. The van der Waals surface area contributed by atoms with E-state index in [0.717, 1.165) is 83.5 Å². The van der Waals surface area contributed by atoms with Crippen molar-refractivity contribution in [1.82, 2.24) is 0 Å². The first kappa shape index (κ1) is 66.9. The molecule has 0 aromatic heterocycles. The number of carbonyl (C=O) groups excluding carboxylic acids is 3. The van der Waals surface area contributed by atoms with Crippen molar-refractivity contribution in [1.29, 1.82) is 0 Å². The Bertz CT molecular complexity index is 1310. The van der Waals surface area contributed by atoms with Crippen LogP contribution >= 0.6 is 0 Å². The predicted molar refractivity (Wildman–Crippen MR) is 302 cm³/mol. The van der Waals surface area contributed by atoms with E-state index < -0.39 is 6.10 Å². The summed E-state index contributed by atoms with van der Waals surface area (Å²) >= 11 is 0. The Morgan fingerprint density at radius 1 is 0.300 bits per heavy atom. The number of rotatable bonds is 54. The number of hydrogen-bond acceptors (Lipinski definition) is 6. The summed E-state index contributed by atoms with van der Waals surface area (Å²) in [5.74, 6) is -0.937. The van der Waals surface area contributed by atoms with Gasteiger partial charge in [-0.1, -0.05) is 241 Å². The van der Waals surface area contributed by atoms with E-state index >= 15 is 0 Å². The first-order valence-corrected chi connectivity index (χ1v) is 29.9. The molecule has 0 spiro atoms. The van der Waals surface area contributed by atoms with Gasteiger partial charge in [-0.3, -0.25) is 14.4 Å². The van der Waals surface area contributed by atoms with Crippen LogP contribution in [0, 0.1) is 0 Å². The van der Waals surface area contributed by atoms with Gasteiger partial charge in [-0.2, -0.15) is 0 Å². The van der Waals surface area contributed by atoms with Crippen LogP contribution in [0.5, 0.6) is 0 Å². The number of esters is 3. The summed E-state index contributed by atoms with van der Waals surface area (Å²) in [6.45, 7) is 6.50. The fourth-order valence-corrected chi connectivity index (χ4v) is 8.42. The van der Waals surface area contributed by atoms with Gasteiger partial charge in [0.1, 0.15) is 13.2 Å². The molecule has 1 unspecified atom stereocenters. The SMILES string of the molecule is CC/C=C\C/C=C\C/C=C\C/C=C\CCCCC(=O)OC(COC(=O)CCCCCCC/C=C\CCCCCCC)COC(=O)CCCCCCCCCCCCC/C=C\CCCCCCCCCC. The third kappa shape index (κ3) is 55.8. The number of unbranched alkanes of at least 4 members (excludes halogenated alkanes) is 31. The number of allylic oxidation sites excluding steroid dienone is 12. The van der Waals surface area contributed by atoms with Crippen LogP contribution in [0.2, 0.25) is 0 Å². The molecule has 0 aliphatic carbocycles. The third-order valence-electron chi connectivity index (χ3n) is 12.9. The van der Waals surface area contributed by atoms with Crippen molar-refractivity contribution >= 4 is 17.9 Å². The summed E-state index contributed by atoms with van der Waals surface area (Å²) in [5.41, 5.74) is 0. The van der Waals surface area contributed by atoms with Crippen LogP contribution in [0.15, 0.2) is 72.9 Å². The van der Waals surface area contributed by atoms with Gasteiger partial charge in [-0.05, 0) is 109 Å². The van der Waals surface area contributed by atoms with Crippen LogP contribution in [-0.4, -0.2) is 37.2 Å². The van der Waals surface area contributed by atoms with Crippen LogP contribution in [0.3, 0.4) is 0 Å². The van der Waals surface area contributed by atoms with E-state index in [4.69, 9.17) is 14.2 Å². The van der Waals surface area contributed by atoms with E-state index in [2.05, 4.69) is 93.7 Å². The van der Waals surface area contributed by atoms with E-state index in [1.54, 1.807) is 0 Å². The van der Waals surface area contributed by atoms with Crippen LogP contribution in [-0.2, 0) is 28.6 Å². The van der Waals surface area contributed by atoms with E-state index in [-0.39, 0.29) is 37.5 Å². The quantitative estimate of drug-likeness (QED) is 0.0261. The lowest BCUT2D eigenvalue weighted by Gasteiger charge is -2.18. The van der Waals surface area contributed by atoms with Gasteiger partial charge in [-0.25, -0.2) is 0 Å². The maximum absolute atomic E-state index is 12.8. The van der Waals surface area contributed by atoms with Gasteiger partial charge in [0.15, 0.2) is 6.10 Å². The Kier molecular flexibility index (Phi) is 55.8. The Morgan fingerprint density at radius 3 is 0.914 bits per heavy atom.